The maximum atomic E-state index is 12.1. The average Bonchev–Trinajstić information content (AvgIpc) is 2.76. The zero-order valence-corrected chi connectivity index (χ0v) is 10.6. The summed E-state index contributed by atoms with van der Waals surface area (Å²) in [5.41, 5.74) is -0.624. The molecule has 6 nitrogen and oxygen atoms in total. The molecule has 2 aliphatic heterocycles. The topological polar surface area (TPSA) is 78.9 Å². The van der Waals surface area contributed by atoms with Crippen LogP contribution >= 0.6 is 0 Å². The number of amides is 2. The molecule has 2 aliphatic rings. The summed E-state index contributed by atoms with van der Waals surface area (Å²) in [6, 6.07) is -0.560. The van der Waals surface area contributed by atoms with Crippen molar-refractivity contribution < 1.29 is 19.4 Å². The van der Waals surface area contributed by atoms with Gasteiger partial charge in [0, 0.05) is 13.1 Å². The Morgan fingerprint density at radius 1 is 1.56 bits per heavy atom. The molecule has 2 amide bonds. The second-order valence-corrected chi connectivity index (χ2v) is 5.10. The number of cyclic esters (lactones) is 1. The summed E-state index contributed by atoms with van der Waals surface area (Å²) in [5, 5.41) is 12.7. The molecule has 2 saturated heterocycles. The normalized spacial score (nSPS) is 26.7. The van der Waals surface area contributed by atoms with Gasteiger partial charge in [0.15, 0.2) is 0 Å². The molecule has 2 rings (SSSR count). The smallest absolute Gasteiger partial charge is 0.407 e. The average molecular weight is 256 g/mol. The summed E-state index contributed by atoms with van der Waals surface area (Å²) < 4.78 is 4.71. The van der Waals surface area contributed by atoms with Crippen LogP contribution in [0.1, 0.15) is 32.6 Å². The van der Waals surface area contributed by atoms with Crippen LogP contribution in [-0.2, 0) is 9.53 Å². The second-order valence-electron chi connectivity index (χ2n) is 5.10. The van der Waals surface area contributed by atoms with E-state index in [4.69, 9.17) is 4.74 Å². The predicted molar refractivity (Wildman–Crippen MR) is 63.9 cm³/mol. The van der Waals surface area contributed by atoms with Crippen molar-refractivity contribution in [2.75, 3.05) is 19.7 Å². The number of likely N-dealkylation sites (tertiary alicyclic amines) is 1. The Kier molecular flexibility index (Phi) is 3.75. The van der Waals surface area contributed by atoms with Crippen molar-refractivity contribution in [1.82, 2.24) is 10.2 Å². The number of alkyl carbamates (subject to hydrolysis) is 1. The summed E-state index contributed by atoms with van der Waals surface area (Å²) in [5.74, 6) is -0.112. The van der Waals surface area contributed by atoms with Crippen molar-refractivity contribution in [3.05, 3.63) is 0 Å². The van der Waals surface area contributed by atoms with Gasteiger partial charge in [-0.05, 0) is 19.3 Å². The molecule has 0 radical (unpaired) electrons. The van der Waals surface area contributed by atoms with Gasteiger partial charge in [-0.3, -0.25) is 4.79 Å². The SMILES string of the molecule is CCCC1(O)CCN(C(=O)C2COC(=O)N2)CC1. The van der Waals surface area contributed by atoms with Gasteiger partial charge in [0.2, 0.25) is 5.91 Å². The monoisotopic (exact) mass is 256 g/mol. The Balaban J connectivity index is 1.86. The van der Waals surface area contributed by atoms with Gasteiger partial charge in [-0.15, -0.1) is 0 Å². The van der Waals surface area contributed by atoms with Crippen LogP contribution in [0.15, 0.2) is 0 Å². The van der Waals surface area contributed by atoms with Gasteiger partial charge in [-0.25, -0.2) is 4.79 Å². The van der Waals surface area contributed by atoms with E-state index < -0.39 is 17.7 Å². The highest BCUT2D eigenvalue weighted by Gasteiger charge is 2.37. The van der Waals surface area contributed by atoms with E-state index in [1.807, 2.05) is 6.92 Å². The highest BCUT2D eigenvalue weighted by atomic mass is 16.6. The minimum absolute atomic E-state index is 0.105. The van der Waals surface area contributed by atoms with Crippen molar-refractivity contribution in [2.45, 2.75) is 44.2 Å². The molecule has 2 heterocycles. The van der Waals surface area contributed by atoms with Gasteiger partial charge in [-0.2, -0.15) is 0 Å². The van der Waals surface area contributed by atoms with Crippen molar-refractivity contribution in [3.8, 4) is 0 Å². The number of ether oxygens (including phenoxy) is 1. The van der Waals surface area contributed by atoms with Crippen LogP contribution < -0.4 is 5.32 Å². The number of hydrogen-bond donors (Lipinski definition) is 2. The summed E-state index contributed by atoms with van der Waals surface area (Å²) in [7, 11) is 0. The minimum atomic E-state index is -0.624. The van der Waals surface area contributed by atoms with Gasteiger partial charge < -0.3 is 20.1 Å². The van der Waals surface area contributed by atoms with Gasteiger partial charge in [-0.1, -0.05) is 13.3 Å². The third kappa shape index (κ3) is 2.75. The molecule has 2 fully saturated rings. The molecule has 0 aromatic heterocycles. The van der Waals surface area contributed by atoms with Crippen LogP contribution in [0.2, 0.25) is 0 Å². The zero-order chi connectivity index (χ0) is 13.2. The molecular formula is C12H20N2O4. The molecule has 0 aliphatic carbocycles. The summed E-state index contributed by atoms with van der Waals surface area (Å²) in [6.07, 6.45) is 2.39. The molecule has 6 heteroatoms. The third-order valence-electron chi connectivity index (χ3n) is 3.69. The van der Waals surface area contributed by atoms with Gasteiger partial charge in [0.05, 0.1) is 5.60 Å². The first-order valence-corrected chi connectivity index (χ1v) is 6.48. The van der Waals surface area contributed by atoms with Crippen molar-refractivity contribution in [3.63, 3.8) is 0 Å². The summed E-state index contributed by atoms with van der Waals surface area (Å²) in [4.78, 5) is 24.6. The maximum Gasteiger partial charge on any atom is 0.407 e. The van der Waals surface area contributed by atoms with Crippen LogP contribution in [0, 0.1) is 0 Å². The van der Waals surface area contributed by atoms with E-state index in [2.05, 4.69) is 5.32 Å². The van der Waals surface area contributed by atoms with Crippen LogP contribution in [0.3, 0.4) is 0 Å². The highest BCUT2D eigenvalue weighted by molar-refractivity contribution is 5.87. The lowest BCUT2D eigenvalue weighted by Crippen LogP contribution is -2.52. The van der Waals surface area contributed by atoms with E-state index in [0.717, 1.165) is 12.8 Å². The van der Waals surface area contributed by atoms with E-state index in [1.54, 1.807) is 4.90 Å². The first-order valence-electron chi connectivity index (χ1n) is 6.48. The van der Waals surface area contributed by atoms with Gasteiger partial charge in [0.1, 0.15) is 12.6 Å². The molecule has 0 aromatic carbocycles. The van der Waals surface area contributed by atoms with Crippen LogP contribution in [0.4, 0.5) is 4.79 Å². The Hall–Kier alpha value is -1.30. The Bertz CT molecular complexity index is 337. The molecular weight excluding hydrogens is 236 g/mol. The van der Waals surface area contributed by atoms with Crippen molar-refractivity contribution in [2.24, 2.45) is 0 Å². The first kappa shape index (κ1) is 13.1. The lowest BCUT2D eigenvalue weighted by atomic mass is 9.87. The van der Waals surface area contributed by atoms with E-state index in [0.29, 0.717) is 25.9 Å². The van der Waals surface area contributed by atoms with Gasteiger partial charge in [0.25, 0.3) is 0 Å². The van der Waals surface area contributed by atoms with Crippen molar-refractivity contribution >= 4 is 12.0 Å². The number of nitrogens with zero attached hydrogens (tertiary/aromatic N) is 1. The highest BCUT2D eigenvalue weighted by Crippen LogP contribution is 2.27. The number of rotatable bonds is 3. The number of nitrogens with one attached hydrogen (secondary N) is 1. The number of aliphatic hydroxyl groups is 1. The predicted octanol–water partition coefficient (Wildman–Crippen LogP) is 0.248. The van der Waals surface area contributed by atoms with Crippen molar-refractivity contribution in [1.29, 1.82) is 0 Å². The van der Waals surface area contributed by atoms with Crippen LogP contribution in [0.25, 0.3) is 0 Å². The fraction of sp³-hybridized carbons (Fsp3) is 0.833. The lowest BCUT2D eigenvalue weighted by molar-refractivity contribution is -0.137. The number of piperidine rings is 1. The minimum Gasteiger partial charge on any atom is -0.447 e. The maximum absolute atomic E-state index is 12.1. The van der Waals surface area contributed by atoms with E-state index in [1.165, 1.54) is 0 Å². The third-order valence-corrected chi connectivity index (χ3v) is 3.69. The molecule has 1 unspecified atom stereocenters. The van der Waals surface area contributed by atoms with E-state index in [9.17, 15) is 14.7 Å². The Labute approximate surface area is 106 Å². The molecule has 0 saturated carbocycles. The van der Waals surface area contributed by atoms with E-state index >= 15 is 0 Å². The van der Waals surface area contributed by atoms with Crippen LogP contribution in [0.5, 0.6) is 0 Å². The first-order chi connectivity index (χ1) is 8.54. The number of carbonyl (C=O) groups excluding carboxylic acids is 2. The molecule has 18 heavy (non-hydrogen) atoms. The number of hydrogen-bond acceptors (Lipinski definition) is 4. The quantitative estimate of drug-likeness (QED) is 0.758. The number of carbonyl (C=O) groups is 2. The lowest BCUT2D eigenvalue weighted by Gasteiger charge is -2.38. The molecule has 0 spiro atoms. The molecule has 0 bridgehead atoms. The summed E-state index contributed by atoms with van der Waals surface area (Å²) in [6.45, 7) is 3.23. The van der Waals surface area contributed by atoms with E-state index in [-0.39, 0.29) is 12.5 Å². The Morgan fingerprint density at radius 3 is 2.72 bits per heavy atom. The molecule has 0 aromatic rings. The molecule has 1 atom stereocenters. The fourth-order valence-corrected chi connectivity index (χ4v) is 2.60. The molecule has 2 N–H and O–H groups in total. The molecule has 102 valence electrons. The fourth-order valence-electron chi connectivity index (χ4n) is 2.60. The Morgan fingerprint density at radius 2 is 2.22 bits per heavy atom. The standard InChI is InChI=1S/C12H20N2O4/c1-2-3-12(17)4-6-14(7-5-12)10(15)9-8-18-11(16)13-9/h9,17H,2-8H2,1H3,(H,13,16). The second kappa shape index (κ2) is 5.14. The summed E-state index contributed by atoms with van der Waals surface area (Å²) >= 11 is 0. The zero-order valence-electron chi connectivity index (χ0n) is 10.6. The van der Waals surface area contributed by atoms with Crippen LogP contribution in [-0.4, -0.2) is 53.3 Å². The van der Waals surface area contributed by atoms with Gasteiger partial charge >= 0.3 is 6.09 Å². The largest absolute Gasteiger partial charge is 0.447 e.